The third-order valence-corrected chi connectivity index (χ3v) is 3.27. The molecule has 2 rings (SSSR count). The minimum absolute atomic E-state index is 0.0893. The molecule has 0 bridgehead atoms. The lowest BCUT2D eigenvalue weighted by atomic mass is 10.1. The molecule has 0 saturated carbocycles. The highest BCUT2D eigenvalue weighted by Crippen LogP contribution is 2.20. The lowest BCUT2D eigenvalue weighted by Gasteiger charge is -2.01. The first-order valence-corrected chi connectivity index (χ1v) is 6.58. The first-order valence-electron chi connectivity index (χ1n) is 5.59. The van der Waals surface area contributed by atoms with Gasteiger partial charge >= 0.3 is 5.97 Å². The van der Waals surface area contributed by atoms with E-state index in [1.807, 2.05) is 0 Å². The standard InChI is InChI=1S/C13H11FN2O2S/c14-10-3-1-9(2-4-10)11-5-6-12(16-15-11)19-8-7-13(17)18/h1-6H,7-8H2,(H,17,18). The Morgan fingerprint density at radius 1 is 1.16 bits per heavy atom. The van der Waals surface area contributed by atoms with Gasteiger partial charge in [-0.05, 0) is 36.4 Å². The van der Waals surface area contributed by atoms with Gasteiger partial charge in [-0.1, -0.05) is 0 Å². The van der Waals surface area contributed by atoms with Crippen molar-refractivity contribution in [3.63, 3.8) is 0 Å². The first-order chi connectivity index (χ1) is 9.15. The number of hydrogen-bond acceptors (Lipinski definition) is 4. The zero-order valence-electron chi connectivity index (χ0n) is 9.91. The van der Waals surface area contributed by atoms with Crippen molar-refractivity contribution in [1.82, 2.24) is 10.2 Å². The predicted molar refractivity (Wildman–Crippen MR) is 70.4 cm³/mol. The zero-order valence-corrected chi connectivity index (χ0v) is 10.7. The fourth-order valence-corrected chi connectivity index (χ4v) is 2.16. The maximum atomic E-state index is 12.8. The van der Waals surface area contributed by atoms with E-state index >= 15 is 0 Å². The number of aromatic nitrogens is 2. The van der Waals surface area contributed by atoms with E-state index in [1.165, 1.54) is 23.9 Å². The Morgan fingerprint density at radius 2 is 1.89 bits per heavy atom. The monoisotopic (exact) mass is 278 g/mol. The van der Waals surface area contributed by atoms with E-state index in [0.717, 1.165) is 5.56 Å². The second kappa shape index (κ2) is 6.29. The molecule has 1 heterocycles. The second-order valence-electron chi connectivity index (χ2n) is 3.76. The fourth-order valence-electron chi connectivity index (χ4n) is 1.41. The van der Waals surface area contributed by atoms with Gasteiger partial charge in [0.2, 0.25) is 0 Å². The number of aliphatic carboxylic acids is 1. The molecule has 19 heavy (non-hydrogen) atoms. The molecule has 0 radical (unpaired) electrons. The van der Waals surface area contributed by atoms with Crippen LogP contribution in [0.1, 0.15) is 6.42 Å². The van der Waals surface area contributed by atoms with E-state index in [4.69, 9.17) is 5.11 Å². The van der Waals surface area contributed by atoms with Crippen molar-refractivity contribution in [2.45, 2.75) is 11.4 Å². The van der Waals surface area contributed by atoms with Crippen LogP contribution in [0, 0.1) is 5.82 Å². The Kier molecular flexibility index (Phi) is 4.46. The number of thioether (sulfide) groups is 1. The summed E-state index contributed by atoms with van der Waals surface area (Å²) in [5, 5.41) is 17.2. The molecule has 6 heteroatoms. The van der Waals surface area contributed by atoms with E-state index in [0.29, 0.717) is 16.5 Å². The van der Waals surface area contributed by atoms with E-state index in [1.54, 1.807) is 24.3 Å². The molecule has 0 aliphatic carbocycles. The summed E-state index contributed by atoms with van der Waals surface area (Å²) in [6.07, 6.45) is 0.0893. The van der Waals surface area contributed by atoms with Crippen LogP contribution in [0.2, 0.25) is 0 Å². The topological polar surface area (TPSA) is 63.1 Å². The summed E-state index contributed by atoms with van der Waals surface area (Å²) in [4.78, 5) is 10.4. The van der Waals surface area contributed by atoms with Crippen LogP contribution < -0.4 is 0 Å². The number of carboxylic acid groups (broad SMARTS) is 1. The smallest absolute Gasteiger partial charge is 0.304 e. The third-order valence-electron chi connectivity index (χ3n) is 2.35. The summed E-state index contributed by atoms with van der Waals surface area (Å²) in [6.45, 7) is 0. The lowest BCUT2D eigenvalue weighted by molar-refractivity contribution is -0.136. The molecule has 4 nitrogen and oxygen atoms in total. The molecule has 0 saturated heterocycles. The Labute approximate surface area is 113 Å². The normalized spacial score (nSPS) is 10.4. The average molecular weight is 278 g/mol. The van der Waals surface area contributed by atoms with Gasteiger partial charge in [0.15, 0.2) is 0 Å². The van der Waals surface area contributed by atoms with Gasteiger partial charge < -0.3 is 5.11 Å². The van der Waals surface area contributed by atoms with Crippen molar-refractivity contribution >= 4 is 17.7 Å². The maximum Gasteiger partial charge on any atom is 0.304 e. The molecule has 1 aromatic heterocycles. The van der Waals surface area contributed by atoms with Crippen molar-refractivity contribution < 1.29 is 14.3 Å². The number of hydrogen-bond donors (Lipinski definition) is 1. The van der Waals surface area contributed by atoms with Crippen LogP contribution in [-0.2, 0) is 4.79 Å². The number of nitrogens with zero attached hydrogens (tertiary/aromatic N) is 2. The van der Waals surface area contributed by atoms with Gasteiger partial charge in [0.25, 0.3) is 0 Å². The third kappa shape index (κ3) is 4.03. The molecule has 0 aliphatic heterocycles. The van der Waals surface area contributed by atoms with E-state index in [9.17, 15) is 9.18 Å². The van der Waals surface area contributed by atoms with Gasteiger partial charge in [-0.2, -0.15) is 0 Å². The quantitative estimate of drug-likeness (QED) is 0.852. The highest BCUT2D eigenvalue weighted by atomic mass is 32.2. The Balaban J connectivity index is 2.02. The summed E-state index contributed by atoms with van der Waals surface area (Å²) in [7, 11) is 0. The summed E-state index contributed by atoms with van der Waals surface area (Å²) >= 11 is 1.34. The predicted octanol–water partition coefficient (Wildman–Crippen LogP) is 2.85. The van der Waals surface area contributed by atoms with Crippen LogP contribution in [-0.4, -0.2) is 27.0 Å². The Hall–Kier alpha value is -1.95. The Morgan fingerprint density at radius 3 is 2.47 bits per heavy atom. The van der Waals surface area contributed by atoms with Gasteiger partial charge in [0.05, 0.1) is 12.1 Å². The molecule has 0 aliphatic rings. The second-order valence-corrected chi connectivity index (χ2v) is 4.87. The SMILES string of the molecule is O=C(O)CCSc1ccc(-c2ccc(F)cc2)nn1. The molecular formula is C13H11FN2O2S. The summed E-state index contributed by atoms with van der Waals surface area (Å²) in [5.41, 5.74) is 1.44. The van der Waals surface area contributed by atoms with Gasteiger partial charge in [0.1, 0.15) is 10.8 Å². The van der Waals surface area contributed by atoms with Crippen LogP contribution >= 0.6 is 11.8 Å². The zero-order chi connectivity index (χ0) is 13.7. The van der Waals surface area contributed by atoms with Crippen molar-refractivity contribution in [2.24, 2.45) is 0 Å². The molecular weight excluding hydrogens is 267 g/mol. The average Bonchev–Trinajstić information content (AvgIpc) is 2.40. The highest BCUT2D eigenvalue weighted by Gasteiger charge is 2.03. The molecule has 1 N–H and O–H groups in total. The molecule has 0 spiro atoms. The minimum Gasteiger partial charge on any atom is -0.481 e. The molecule has 0 fully saturated rings. The molecule has 2 aromatic rings. The first kappa shape index (κ1) is 13.5. The molecule has 0 atom stereocenters. The molecule has 0 unspecified atom stereocenters. The number of carboxylic acids is 1. The van der Waals surface area contributed by atoms with E-state index in [2.05, 4.69) is 10.2 Å². The van der Waals surface area contributed by atoms with Gasteiger partial charge in [-0.25, -0.2) is 4.39 Å². The van der Waals surface area contributed by atoms with Crippen molar-refractivity contribution in [1.29, 1.82) is 0 Å². The van der Waals surface area contributed by atoms with Crippen LogP contribution in [0.5, 0.6) is 0 Å². The summed E-state index contributed by atoms with van der Waals surface area (Å²) in [6, 6.07) is 9.56. The summed E-state index contributed by atoms with van der Waals surface area (Å²) in [5.74, 6) is -0.666. The van der Waals surface area contributed by atoms with E-state index in [-0.39, 0.29) is 12.2 Å². The minimum atomic E-state index is -0.830. The van der Waals surface area contributed by atoms with Crippen LogP contribution in [0.15, 0.2) is 41.4 Å². The van der Waals surface area contributed by atoms with Gasteiger partial charge in [-0.15, -0.1) is 22.0 Å². The van der Waals surface area contributed by atoms with Crippen LogP contribution in [0.4, 0.5) is 4.39 Å². The van der Waals surface area contributed by atoms with Crippen LogP contribution in [0.3, 0.4) is 0 Å². The van der Waals surface area contributed by atoms with Crippen molar-refractivity contribution in [3.05, 3.63) is 42.2 Å². The fraction of sp³-hybridized carbons (Fsp3) is 0.154. The number of carbonyl (C=O) groups is 1. The molecule has 0 amide bonds. The summed E-state index contributed by atoms with van der Waals surface area (Å²) < 4.78 is 12.8. The maximum absolute atomic E-state index is 12.8. The number of benzene rings is 1. The van der Waals surface area contributed by atoms with E-state index < -0.39 is 5.97 Å². The largest absolute Gasteiger partial charge is 0.481 e. The van der Waals surface area contributed by atoms with Gasteiger partial charge in [-0.3, -0.25) is 4.79 Å². The van der Waals surface area contributed by atoms with Crippen molar-refractivity contribution in [2.75, 3.05) is 5.75 Å². The molecule has 1 aromatic carbocycles. The highest BCUT2D eigenvalue weighted by molar-refractivity contribution is 7.99. The molecule has 98 valence electrons. The number of halogens is 1. The number of rotatable bonds is 5. The lowest BCUT2D eigenvalue weighted by Crippen LogP contribution is -1.96. The van der Waals surface area contributed by atoms with Crippen molar-refractivity contribution in [3.8, 4) is 11.3 Å². The van der Waals surface area contributed by atoms with Crippen LogP contribution in [0.25, 0.3) is 11.3 Å². The van der Waals surface area contributed by atoms with Gasteiger partial charge in [0, 0.05) is 11.3 Å². The Bertz CT molecular complexity index is 558.